The van der Waals surface area contributed by atoms with E-state index in [1.165, 1.54) is 7.11 Å². The van der Waals surface area contributed by atoms with Gasteiger partial charge in [0.05, 0.1) is 18.8 Å². The molecule has 15 heavy (non-hydrogen) atoms. The highest BCUT2D eigenvalue weighted by molar-refractivity contribution is 7.87. The summed E-state index contributed by atoms with van der Waals surface area (Å²) in [5.74, 6) is 0. The van der Waals surface area contributed by atoms with Crippen molar-refractivity contribution in [2.75, 3.05) is 33.4 Å². The number of aliphatic hydroxyl groups excluding tert-OH is 2. The number of methoxy groups -OCH3 is 1. The summed E-state index contributed by atoms with van der Waals surface area (Å²) in [7, 11) is -2.14. The summed E-state index contributed by atoms with van der Waals surface area (Å²) >= 11 is 0. The Bertz CT molecular complexity index is 284. The number of rotatable bonds is 5. The van der Waals surface area contributed by atoms with Crippen LogP contribution in [0.5, 0.6) is 0 Å². The van der Waals surface area contributed by atoms with Crippen LogP contribution >= 0.6 is 0 Å². The Balaban J connectivity index is 2.48. The SMILES string of the molecule is COCCNS(=O)(=O)N1C[C@@H](O)[C@@H](O)C1. The number of nitrogens with one attached hydrogen (secondary N) is 1. The second-order valence-electron chi connectivity index (χ2n) is 3.34. The summed E-state index contributed by atoms with van der Waals surface area (Å²) in [5.41, 5.74) is 0. The molecule has 0 bridgehead atoms. The normalized spacial score (nSPS) is 28.5. The first-order valence-corrected chi connectivity index (χ1v) is 6.01. The van der Waals surface area contributed by atoms with Gasteiger partial charge < -0.3 is 14.9 Å². The first-order chi connectivity index (χ1) is 6.97. The molecule has 2 atom stereocenters. The minimum atomic E-state index is -3.61. The van der Waals surface area contributed by atoms with Gasteiger partial charge in [0, 0.05) is 26.7 Å². The van der Waals surface area contributed by atoms with Gasteiger partial charge in [0.25, 0.3) is 10.2 Å². The van der Waals surface area contributed by atoms with Gasteiger partial charge in [-0.1, -0.05) is 0 Å². The van der Waals surface area contributed by atoms with Crippen LogP contribution in [-0.2, 0) is 14.9 Å². The molecular weight excluding hydrogens is 224 g/mol. The average molecular weight is 240 g/mol. The molecule has 1 heterocycles. The van der Waals surface area contributed by atoms with E-state index in [0.29, 0.717) is 0 Å². The smallest absolute Gasteiger partial charge is 0.279 e. The fourth-order valence-electron chi connectivity index (χ4n) is 1.30. The lowest BCUT2D eigenvalue weighted by Gasteiger charge is -2.15. The van der Waals surface area contributed by atoms with E-state index in [9.17, 15) is 18.6 Å². The largest absolute Gasteiger partial charge is 0.389 e. The van der Waals surface area contributed by atoms with Crippen LogP contribution < -0.4 is 4.72 Å². The first-order valence-electron chi connectivity index (χ1n) is 4.57. The van der Waals surface area contributed by atoms with Crippen LogP contribution in [0.1, 0.15) is 0 Å². The lowest BCUT2D eigenvalue weighted by atomic mass is 10.3. The fourth-order valence-corrected chi connectivity index (χ4v) is 2.52. The third-order valence-electron chi connectivity index (χ3n) is 2.16. The topological polar surface area (TPSA) is 99.1 Å². The molecule has 0 spiro atoms. The van der Waals surface area contributed by atoms with Crippen molar-refractivity contribution in [1.82, 2.24) is 9.03 Å². The number of ether oxygens (including phenoxy) is 1. The van der Waals surface area contributed by atoms with Crippen molar-refractivity contribution >= 4 is 10.2 Å². The molecule has 0 aromatic rings. The minimum Gasteiger partial charge on any atom is -0.389 e. The minimum absolute atomic E-state index is 0.0799. The summed E-state index contributed by atoms with van der Waals surface area (Å²) in [5, 5.41) is 18.4. The van der Waals surface area contributed by atoms with Gasteiger partial charge in [0.15, 0.2) is 0 Å². The van der Waals surface area contributed by atoms with E-state index < -0.39 is 22.4 Å². The maximum Gasteiger partial charge on any atom is 0.279 e. The Labute approximate surface area is 88.8 Å². The van der Waals surface area contributed by atoms with Crippen LogP contribution in [0.3, 0.4) is 0 Å². The monoisotopic (exact) mass is 240 g/mol. The second kappa shape index (κ2) is 5.19. The second-order valence-corrected chi connectivity index (χ2v) is 5.10. The molecule has 0 radical (unpaired) electrons. The first kappa shape index (κ1) is 12.8. The van der Waals surface area contributed by atoms with Gasteiger partial charge >= 0.3 is 0 Å². The van der Waals surface area contributed by atoms with E-state index in [2.05, 4.69) is 4.72 Å². The van der Waals surface area contributed by atoms with Crippen LogP contribution in [0, 0.1) is 0 Å². The van der Waals surface area contributed by atoms with E-state index in [4.69, 9.17) is 4.74 Å². The summed E-state index contributed by atoms with van der Waals surface area (Å²) in [6.07, 6.45) is -2.02. The predicted octanol–water partition coefficient (Wildman–Crippen LogP) is -2.50. The summed E-state index contributed by atoms with van der Waals surface area (Å²) in [4.78, 5) is 0. The van der Waals surface area contributed by atoms with Crippen molar-refractivity contribution in [1.29, 1.82) is 0 Å². The molecule has 1 rings (SSSR count). The van der Waals surface area contributed by atoms with E-state index >= 15 is 0 Å². The van der Waals surface area contributed by atoms with Crippen molar-refractivity contribution in [3.63, 3.8) is 0 Å². The van der Waals surface area contributed by atoms with Gasteiger partial charge in [-0.05, 0) is 0 Å². The number of nitrogens with zero attached hydrogens (tertiary/aromatic N) is 1. The molecule has 0 aromatic heterocycles. The van der Waals surface area contributed by atoms with Crippen molar-refractivity contribution in [2.45, 2.75) is 12.2 Å². The molecule has 1 saturated heterocycles. The highest BCUT2D eigenvalue weighted by Gasteiger charge is 2.36. The average Bonchev–Trinajstić information content (AvgIpc) is 2.48. The molecule has 0 unspecified atom stereocenters. The van der Waals surface area contributed by atoms with Crippen molar-refractivity contribution in [2.24, 2.45) is 0 Å². The molecule has 90 valence electrons. The Kier molecular flexibility index (Phi) is 4.44. The van der Waals surface area contributed by atoms with Crippen LogP contribution in [0.2, 0.25) is 0 Å². The molecule has 1 fully saturated rings. The van der Waals surface area contributed by atoms with E-state index in [0.717, 1.165) is 4.31 Å². The molecule has 1 aliphatic rings. The van der Waals surface area contributed by atoms with Gasteiger partial charge in [0.2, 0.25) is 0 Å². The Morgan fingerprint density at radius 3 is 2.40 bits per heavy atom. The van der Waals surface area contributed by atoms with Crippen LogP contribution in [0.4, 0.5) is 0 Å². The van der Waals surface area contributed by atoms with Gasteiger partial charge in [-0.15, -0.1) is 0 Å². The number of hydrogen-bond donors (Lipinski definition) is 3. The fraction of sp³-hybridized carbons (Fsp3) is 1.00. The van der Waals surface area contributed by atoms with E-state index in [1.807, 2.05) is 0 Å². The van der Waals surface area contributed by atoms with Gasteiger partial charge in [0.1, 0.15) is 0 Å². The van der Waals surface area contributed by atoms with Crippen molar-refractivity contribution in [3.8, 4) is 0 Å². The molecule has 7 nitrogen and oxygen atoms in total. The molecule has 0 aliphatic carbocycles. The van der Waals surface area contributed by atoms with Gasteiger partial charge in [-0.2, -0.15) is 17.4 Å². The van der Waals surface area contributed by atoms with Crippen LogP contribution in [-0.4, -0.2) is 68.5 Å². The molecule has 0 amide bonds. The van der Waals surface area contributed by atoms with Crippen molar-refractivity contribution in [3.05, 3.63) is 0 Å². The van der Waals surface area contributed by atoms with Crippen molar-refractivity contribution < 1.29 is 23.4 Å². The maximum absolute atomic E-state index is 11.5. The molecule has 3 N–H and O–H groups in total. The van der Waals surface area contributed by atoms with Crippen LogP contribution in [0.15, 0.2) is 0 Å². The molecule has 0 aromatic carbocycles. The molecule has 1 aliphatic heterocycles. The Hall–Kier alpha value is -0.250. The van der Waals surface area contributed by atoms with Gasteiger partial charge in [-0.25, -0.2) is 0 Å². The van der Waals surface area contributed by atoms with E-state index in [1.54, 1.807) is 0 Å². The third kappa shape index (κ3) is 3.37. The number of aliphatic hydroxyl groups is 2. The Morgan fingerprint density at radius 1 is 1.40 bits per heavy atom. The molecule has 8 heteroatoms. The van der Waals surface area contributed by atoms with Gasteiger partial charge in [-0.3, -0.25) is 0 Å². The molecule has 0 saturated carbocycles. The lowest BCUT2D eigenvalue weighted by Crippen LogP contribution is -2.41. The summed E-state index contributed by atoms with van der Waals surface area (Å²) < 4.78 is 31.1. The highest BCUT2D eigenvalue weighted by Crippen LogP contribution is 2.12. The summed E-state index contributed by atoms with van der Waals surface area (Å²) in [6.45, 7) is 0.284. The lowest BCUT2D eigenvalue weighted by molar-refractivity contribution is 0.0572. The molecular formula is C7H16N2O5S. The standard InChI is InChI=1S/C7H16N2O5S/c1-14-3-2-8-15(12,13)9-4-6(10)7(11)5-9/h6-8,10-11H,2-5H2,1H3/t6-,7+. The Morgan fingerprint density at radius 2 is 1.93 bits per heavy atom. The maximum atomic E-state index is 11.5. The van der Waals surface area contributed by atoms with E-state index in [-0.39, 0.29) is 26.2 Å². The van der Waals surface area contributed by atoms with Crippen LogP contribution in [0.25, 0.3) is 0 Å². The number of hydrogen-bond acceptors (Lipinski definition) is 5. The highest BCUT2D eigenvalue weighted by atomic mass is 32.2. The zero-order valence-electron chi connectivity index (χ0n) is 8.46. The zero-order chi connectivity index (χ0) is 11.5. The quantitative estimate of drug-likeness (QED) is 0.462. The number of β-amino-alcohol motifs (C(OH)–C–C–N with tert-alkyl or cyclic N) is 2. The third-order valence-corrected chi connectivity index (χ3v) is 3.70. The predicted molar refractivity (Wildman–Crippen MR) is 52.4 cm³/mol. The summed E-state index contributed by atoms with van der Waals surface area (Å²) in [6, 6.07) is 0. The zero-order valence-corrected chi connectivity index (χ0v) is 9.27.